The van der Waals surface area contributed by atoms with E-state index in [9.17, 15) is 9.59 Å². The molecule has 0 saturated carbocycles. The lowest BCUT2D eigenvalue weighted by Crippen LogP contribution is -2.28. The average molecular weight is 489 g/mol. The molecule has 0 unspecified atom stereocenters. The van der Waals surface area contributed by atoms with Crippen molar-refractivity contribution in [2.75, 3.05) is 20.3 Å². The number of methoxy groups -OCH3 is 1. The minimum atomic E-state index is -0.586. The number of ether oxygens (including phenoxy) is 3. The Morgan fingerprint density at radius 3 is 2.65 bits per heavy atom. The Hall–Kier alpha value is -3.40. The Morgan fingerprint density at radius 1 is 1.16 bits per heavy atom. The molecule has 2 N–H and O–H groups in total. The molecule has 162 valence electrons. The zero-order valence-electron chi connectivity index (χ0n) is 17.0. The number of benzene rings is 2. The lowest BCUT2D eigenvalue weighted by atomic mass is 10.1. The van der Waals surface area contributed by atoms with Crippen molar-refractivity contribution in [3.63, 3.8) is 0 Å². The monoisotopic (exact) mass is 488 g/mol. The van der Waals surface area contributed by atoms with Crippen LogP contribution in [0.4, 0.5) is 0 Å². The highest BCUT2D eigenvalue weighted by molar-refractivity contribution is 9.10. The zero-order chi connectivity index (χ0) is 22.2. The van der Waals surface area contributed by atoms with Crippen molar-refractivity contribution in [3.8, 4) is 22.8 Å². The highest BCUT2D eigenvalue weighted by atomic mass is 79.9. The maximum atomic E-state index is 12.2. The van der Waals surface area contributed by atoms with Crippen LogP contribution in [-0.4, -0.2) is 47.6 Å². The normalized spacial score (nSPS) is 10.4. The molecule has 0 radical (unpaired) electrons. The Morgan fingerprint density at radius 2 is 1.94 bits per heavy atom. The number of rotatable bonds is 9. The molecule has 0 atom stereocenters. The maximum Gasteiger partial charge on any atom is 0.361 e. The van der Waals surface area contributed by atoms with Gasteiger partial charge in [0.05, 0.1) is 18.2 Å². The van der Waals surface area contributed by atoms with Crippen molar-refractivity contribution in [1.82, 2.24) is 20.7 Å². The molecule has 9 nitrogen and oxygen atoms in total. The summed E-state index contributed by atoms with van der Waals surface area (Å²) in [5.41, 5.74) is 1.92. The maximum absolute atomic E-state index is 12.2. The number of nitrogens with one attached hydrogen (secondary N) is 2. The van der Waals surface area contributed by atoms with Crippen LogP contribution in [0, 0.1) is 0 Å². The number of carbonyl (C=O) groups is 2. The predicted octanol–water partition coefficient (Wildman–Crippen LogP) is 3.11. The second kappa shape index (κ2) is 10.6. The molecule has 3 aromatic rings. The Kier molecular flexibility index (Phi) is 7.60. The predicted molar refractivity (Wildman–Crippen MR) is 116 cm³/mol. The molecular weight excluding hydrogens is 468 g/mol. The van der Waals surface area contributed by atoms with Crippen molar-refractivity contribution < 1.29 is 23.8 Å². The van der Waals surface area contributed by atoms with Gasteiger partial charge in [0.1, 0.15) is 5.69 Å². The summed E-state index contributed by atoms with van der Waals surface area (Å²) in [6.07, 6.45) is 0. The fourth-order valence-corrected chi connectivity index (χ4v) is 3.31. The highest BCUT2D eigenvalue weighted by Gasteiger charge is 2.22. The molecule has 1 amide bonds. The van der Waals surface area contributed by atoms with E-state index in [1.165, 1.54) is 7.11 Å². The number of amides is 1. The van der Waals surface area contributed by atoms with Gasteiger partial charge in [-0.25, -0.2) is 4.79 Å². The van der Waals surface area contributed by atoms with Crippen LogP contribution in [0.2, 0.25) is 0 Å². The van der Waals surface area contributed by atoms with Crippen LogP contribution in [0.25, 0.3) is 11.3 Å². The molecule has 10 heteroatoms. The molecule has 0 aliphatic heterocycles. The van der Waals surface area contributed by atoms with Gasteiger partial charge < -0.3 is 19.5 Å². The van der Waals surface area contributed by atoms with E-state index in [4.69, 9.17) is 14.2 Å². The van der Waals surface area contributed by atoms with Gasteiger partial charge in [-0.15, -0.1) is 5.10 Å². The third-order valence-electron chi connectivity index (χ3n) is 4.20. The van der Waals surface area contributed by atoms with Crippen molar-refractivity contribution in [2.24, 2.45) is 0 Å². The molecule has 0 fully saturated rings. The number of hydrogen-bond donors (Lipinski definition) is 2. The van der Waals surface area contributed by atoms with Gasteiger partial charge in [0.15, 0.2) is 23.8 Å². The topological polar surface area (TPSA) is 115 Å². The lowest BCUT2D eigenvalue weighted by Gasteiger charge is -2.14. The molecule has 31 heavy (non-hydrogen) atoms. The van der Waals surface area contributed by atoms with E-state index in [1.54, 1.807) is 19.1 Å². The largest absolute Gasteiger partial charge is 0.493 e. The second-order valence-corrected chi connectivity index (χ2v) is 7.14. The van der Waals surface area contributed by atoms with Gasteiger partial charge in [-0.3, -0.25) is 4.79 Å². The summed E-state index contributed by atoms with van der Waals surface area (Å²) in [7, 11) is 1.48. The summed E-state index contributed by atoms with van der Waals surface area (Å²) in [5.74, 6) is -0.153. The summed E-state index contributed by atoms with van der Waals surface area (Å²) in [4.78, 5) is 24.3. The molecule has 0 saturated heterocycles. The van der Waals surface area contributed by atoms with E-state index in [2.05, 4.69) is 36.7 Å². The van der Waals surface area contributed by atoms with E-state index >= 15 is 0 Å². The van der Waals surface area contributed by atoms with Gasteiger partial charge in [0.25, 0.3) is 5.91 Å². The van der Waals surface area contributed by atoms with Gasteiger partial charge in [-0.05, 0) is 40.5 Å². The smallest absolute Gasteiger partial charge is 0.361 e. The number of carbonyl (C=O) groups excluding carboxylic acids is 2. The molecule has 0 aliphatic rings. The Labute approximate surface area is 187 Å². The molecule has 1 heterocycles. The minimum Gasteiger partial charge on any atom is -0.493 e. The fraction of sp³-hybridized carbons (Fsp3) is 0.238. The van der Waals surface area contributed by atoms with Crippen LogP contribution in [0.3, 0.4) is 0 Å². The van der Waals surface area contributed by atoms with Crippen molar-refractivity contribution in [1.29, 1.82) is 0 Å². The summed E-state index contributed by atoms with van der Waals surface area (Å²) in [6, 6.07) is 12.9. The first-order valence-electron chi connectivity index (χ1n) is 9.42. The highest BCUT2D eigenvalue weighted by Crippen LogP contribution is 2.39. The van der Waals surface area contributed by atoms with Crippen LogP contribution >= 0.6 is 15.9 Å². The average Bonchev–Trinajstić information content (AvgIpc) is 3.27. The Bertz CT molecular complexity index is 1060. The molecule has 2 aromatic carbocycles. The SMILES string of the molecule is CCOC(=O)c1n[nH]nc1-c1cc(Br)c(OCC(=O)NCc2ccccc2)c(OC)c1. The standard InChI is InChI=1S/C21H21BrN4O5/c1-3-30-21(28)19-18(24-26-25-19)14-9-15(22)20(16(10-14)29-2)31-12-17(27)23-11-13-7-5-4-6-8-13/h4-10H,3,11-12H2,1-2H3,(H,23,27)(H,24,25,26). The van der Waals surface area contributed by atoms with Gasteiger partial charge >= 0.3 is 5.97 Å². The Balaban J connectivity index is 1.72. The fourth-order valence-electron chi connectivity index (χ4n) is 2.76. The number of H-pyrrole nitrogens is 1. The summed E-state index contributed by atoms with van der Waals surface area (Å²) in [6.45, 7) is 2.14. The van der Waals surface area contributed by atoms with E-state index in [1.807, 2.05) is 30.3 Å². The van der Waals surface area contributed by atoms with Crippen LogP contribution in [0.15, 0.2) is 46.9 Å². The van der Waals surface area contributed by atoms with Crippen molar-refractivity contribution >= 4 is 27.8 Å². The van der Waals surface area contributed by atoms with Crippen LogP contribution in [-0.2, 0) is 16.1 Å². The molecule has 3 rings (SSSR count). The summed E-state index contributed by atoms with van der Waals surface area (Å²) < 4.78 is 16.6. The van der Waals surface area contributed by atoms with Gasteiger partial charge in [-0.1, -0.05) is 30.3 Å². The number of aromatic nitrogens is 3. The first kappa shape index (κ1) is 22.3. The lowest BCUT2D eigenvalue weighted by molar-refractivity contribution is -0.123. The van der Waals surface area contributed by atoms with Crippen LogP contribution in [0.1, 0.15) is 23.0 Å². The third kappa shape index (κ3) is 5.60. The van der Waals surface area contributed by atoms with Crippen molar-refractivity contribution in [3.05, 3.63) is 58.2 Å². The number of hydrogen-bond acceptors (Lipinski definition) is 7. The number of nitrogens with zero attached hydrogens (tertiary/aromatic N) is 2. The quantitative estimate of drug-likeness (QED) is 0.444. The number of halogens is 1. The number of esters is 1. The van der Waals surface area contributed by atoms with E-state index < -0.39 is 5.97 Å². The molecule has 0 aliphatic carbocycles. The van der Waals surface area contributed by atoms with Crippen LogP contribution in [0.5, 0.6) is 11.5 Å². The van der Waals surface area contributed by atoms with Gasteiger partial charge in [0, 0.05) is 12.1 Å². The van der Waals surface area contributed by atoms with E-state index in [0.717, 1.165) is 5.56 Å². The molecule has 0 spiro atoms. The second-order valence-electron chi connectivity index (χ2n) is 6.28. The van der Waals surface area contributed by atoms with Crippen molar-refractivity contribution in [2.45, 2.75) is 13.5 Å². The summed E-state index contributed by atoms with van der Waals surface area (Å²) in [5, 5.41) is 13.1. The molecule has 0 bridgehead atoms. The molecule has 1 aromatic heterocycles. The molecular formula is C21H21BrN4O5. The first-order chi connectivity index (χ1) is 15.0. The van der Waals surface area contributed by atoms with Gasteiger partial charge in [-0.2, -0.15) is 10.3 Å². The van der Waals surface area contributed by atoms with E-state index in [0.29, 0.717) is 33.8 Å². The summed E-state index contributed by atoms with van der Waals surface area (Å²) >= 11 is 3.43. The van der Waals surface area contributed by atoms with Gasteiger partial charge in [0.2, 0.25) is 0 Å². The zero-order valence-corrected chi connectivity index (χ0v) is 18.6. The first-order valence-corrected chi connectivity index (χ1v) is 10.2. The number of aromatic amines is 1. The van der Waals surface area contributed by atoms with E-state index in [-0.39, 0.29) is 24.8 Å². The minimum absolute atomic E-state index is 0.0600. The van der Waals surface area contributed by atoms with Crippen LogP contribution < -0.4 is 14.8 Å². The third-order valence-corrected chi connectivity index (χ3v) is 4.79.